The van der Waals surface area contributed by atoms with Gasteiger partial charge in [0.05, 0.1) is 4.92 Å². The Morgan fingerprint density at radius 1 is 1.24 bits per heavy atom. The molecule has 0 radical (unpaired) electrons. The molecule has 1 aliphatic rings. The number of nitro groups is 1. The summed E-state index contributed by atoms with van der Waals surface area (Å²) in [7, 11) is 0. The van der Waals surface area contributed by atoms with E-state index in [0.717, 1.165) is 31.2 Å². The molecular formula is C15H21N3O3. The average molecular weight is 291 g/mol. The third-order valence-corrected chi connectivity index (χ3v) is 4.16. The molecule has 3 N–H and O–H groups in total. The van der Waals surface area contributed by atoms with Crippen molar-refractivity contribution < 1.29 is 9.72 Å². The maximum atomic E-state index is 12.1. The third kappa shape index (κ3) is 4.26. The first-order chi connectivity index (χ1) is 10.1. The lowest BCUT2D eigenvalue weighted by molar-refractivity contribution is -0.384. The van der Waals surface area contributed by atoms with Crippen LogP contribution >= 0.6 is 0 Å². The van der Waals surface area contributed by atoms with Crippen molar-refractivity contribution in [1.82, 2.24) is 5.32 Å². The van der Waals surface area contributed by atoms with Gasteiger partial charge in [0.15, 0.2) is 0 Å². The minimum Gasteiger partial charge on any atom is -0.352 e. The van der Waals surface area contributed by atoms with Crippen LogP contribution in [0, 0.1) is 22.0 Å². The smallest absolute Gasteiger partial charge is 0.269 e. The van der Waals surface area contributed by atoms with E-state index in [1.54, 1.807) is 12.1 Å². The maximum Gasteiger partial charge on any atom is 0.269 e. The molecule has 0 atom stereocenters. The van der Waals surface area contributed by atoms with Crippen LogP contribution < -0.4 is 11.1 Å². The van der Waals surface area contributed by atoms with Gasteiger partial charge in [0.2, 0.25) is 5.91 Å². The molecule has 1 aromatic carbocycles. The second-order valence-corrected chi connectivity index (χ2v) is 5.59. The minimum absolute atomic E-state index is 0.0604. The predicted molar refractivity (Wildman–Crippen MR) is 79.4 cm³/mol. The number of nitro benzene ring substituents is 1. The number of carbonyl (C=O) groups excluding carboxylic acids is 1. The number of amides is 1. The Morgan fingerprint density at radius 3 is 2.38 bits per heavy atom. The van der Waals surface area contributed by atoms with Crippen LogP contribution in [-0.2, 0) is 11.3 Å². The van der Waals surface area contributed by atoms with Gasteiger partial charge in [-0.15, -0.1) is 0 Å². The topological polar surface area (TPSA) is 98.3 Å². The Hall–Kier alpha value is -1.95. The lowest BCUT2D eigenvalue weighted by Gasteiger charge is -2.26. The second kappa shape index (κ2) is 7.17. The molecule has 1 aromatic rings. The molecule has 0 spiro atoms. The average Bonchev–Trinajstić information content (AvgIpc) is 2.53. The van der Waals surface area contributed by atoms with Gasteiger partial charge >= 0.3 is 0 Å². The Labute approximate surface area is 123 Å². The zero-order chi connectivity index (χ0) is 15.2. The first-order valence-electron chi connectivity index (χ1n) is 7.31. The molecule has 0 heterocycles. The van der Waals surface area contributed by atoms with Gasteiger partial charge in [-0.2, -0.15) is 0 Å². The lowest BCUT2D eigenvalue weighted by atomic mass is 9.81. The van der Waals surface area contributed by atoms with Gasteiger partial charge in [0.25, 0.3) is 5.69 Å². The van der Waals surface area contributed by atoms with Crippen LogP contribution in [0.4, 0.5) is 5.69 Å². The van der Waals surface area contributed by atoms with Crippen LogP contribution in [0.5, 0.6) is 0 Å². The molecule has 1 fully saturated rings. The number of non-ortho nitro benzene ring substituents is 1. The number of nitrogens with two attached hydrogens (primary N) is 1. The highest BCUT2D eigenvalue weighted by Crippen LogP contribution is 2.28. The molecule has 0 saturated heterocycles. The van der Waals surface area contributed by atoms with E-state index in [4.69, 9.17) is 5.73 Å². The van der Waals surface area contributed by atoms with Crippen LogP contribution in [-0.4, -0.2) is 17.4 Å². The molecule has 0 bridgehead atoms. The summed E-state index contributed by atoms with van der Waals surface area (Å²) in [6, 6.07) is 6.25. The summed E-state index contributed by atoms with van der Waals surface area (Å²) in [5.41, 5.74) is 6.57. The van der Waals surface area contributed by atoms with E-state index in [2.05, 4.69) is 5.32 Å². The molecule has 21 heavy (non-hydrogen) atoms. The Morgan fingerprint density at radius 2 is 1.86 bits per heavy atom. The second-order valence-electron chi connectivity index (χ2n) is 5.59. The van der Waals surface area contributed by atoms with Crippen LogP contribution in [0.2, 0.25) is 0 Å². The van der Waals surface area contributed by atoms with E-state index in [-0.39, 0.29) is 17.5 Å². The van der Waals surface area contributed by atoms with Gasteiger partial charge in [-0.25, -0.2) is 0 Å². The van der Waals surface area contributed by atoms with Gasteiger partial charge in [-0.1, -0.05) is 12.1 Å². The number of carbonyl (C=O) groups is 1. The van der Waals surface area contributed by atoms with Crippen LogP contribution in [0.3, 0.4) is 0 Å². The van der Waals surface area contributed by atoms with Gasteiger partial charge in [-0.05, 0) is 43.7 Å². The van der Waals surface area contributed by atoms with Crippen molar-refractivity contribution in [2.75, 3.05) is 6.54 Å². The molecule has 6 heteroatoms. The monoisotopic (exact) mass is 291 g/mol. The minimum atomic E-state index is -0.432. The van der Waals surface area contributed by atoms with E-state index in [1.165, 1.54) is 12.1 Å². The number of benzene rings is 1. The summed E-state index contributed by atoms with van der Waals surface area (Å²) < 4.78 is 0. The highest BCUT2D eigenvalue weighted by Gasteiger charge is 2.25. The highest BCUT2D eigenvalue weighted by atomic mass is 16.6. The van der Waals surface area contributed by atoms with E-state index in [1.807, 2.05) is 0 Å². The molecule has 1 saturated carbocycles. The number of rotatable bonds is 5. The maximum absolute atomic E-state index is 12.1. The number of nitrogens with one attached hydrogen (secondary N) is 1. The van der Waals surface area contributed by atoms with E-state index >= 15 is 0 Å². The molecule has 6 nitrogen and oxygen atoms in total. The Bertz CT molecular complexity index is 493. The van der Waals surface area contributed by atoms with E-state index in [0.29, 0.717) is 19.0 Å². The van der Waals surface area contributed by atoms with Gasteiger partial charge in [0, 0.05) is 24.6 Å². The summed E-state index contributed by atoms with van der Waals surface area (Å²) >= 11 is 0. The normalized spacial score (nSPS) is 21.8. The fraction of sp³-hybridized carbons (Fsp3) is 0.533. The first kappa shape index (κ1) is 15.4. The lowest BCUT2D eigenvalue weighted by Crippen LogP contribution is -2.33. The zero-order valence-electron chi connectivity index (χ0n) is 12.0. The summed E-state index contributed by atoms with van der Waals surface area (Å²) in [6.45, 7) is 1.12. The first-order valence-corrected chi connectivity index (χ1v) is 7.31. The van der Waals surface area contributed by atoms with Crippen molar-refractivity contribution >= 4 is 11.6 Å². The predicted octanol–water partition coefficient (Wildman–Crippen LogP) is 1.98. The van der Waals surface area contributed by atoms with Crippen LogP contribution in [0.25, 0.3) is 0 Å². The zero-order valence-corrected chi connectivity index (χ0v) is 12.0. The largest absolute Gasteiger partial charge is 0.352 e. The van der Waals surface area contributed by atoms with Crippen molar-refractivity contribution in [2.24, 2.45) is 17.6 Å². The molecule has 0 aromatic heterocycles. The Balaban J connectivity index is 1.80. The fourth-order valence-electron chi connectivity index (χ4n) is 2.73. The standard InChI is InChI=1S/C15H21N3O3/c16-9-11-1-5-13(6-2-11)15(19)17-10-12-3-7-14(8-4-12)18(20)21/h3-4,7-8,11,13H,1-2,5-6,9-10,16H2,(H,17,19)/t11-,13-. The van der Waals surface area contributed by atoms with Crippen molar-refractivity contribution in [3.63, 3.8) is 0 Å². The van der Waals surface area contributed by atoms with E-state index in [9.17, 15) is 14.9 Å². The summed E-state index contributed by atoms with van der Waals surface area (Å²) in [5, 5.41) is 13.5. The highest BCUT2D eigenvalue weighted by molar-refractivity contribution is 5.78. The molecule has 0 aliphatic heterocycles. The summed E-state index contributed by atoms with van der Waals surface area (Å²) in [5.74, 6) is 0.707. The van der Waals surface area contributed by atoms with Crippen LogP contribution in [0.15, 0.2) is 24.3 Å². The van der Waals surface area contributed by atoms with Gasteiger partial charge in [0.1, 0.15) is 0 Å². The van der Waals surface area contributed by atoms with Crippen molar-refractivity contribution in [3.8, 4) is 0 Å². The van der Waals surface area contributed by atoms with Crippen molar-refractivity contribution in [3.05, 3.63) is 39.9 Å². The number of hydrogen-bond donors (Lipinski definition) is 2. The summed E-state index contributed by atoms with van der Waals surface area (Å²) in [6.07, 6.45) is 3.83. The molecule has 0 unspecified atom stereocenters. The van der Waals surface area contributed by atoms with Gasteiger partial charge in [-0.3, -0.25) is 14.9 Å². The SMILES string of the molecule is NC[C@H]1CC[C@H](C(=O)NCc2ccc([N+](=O)[O-])cc2)CC1. The fourth-order valence-corrected chi connectivity index (χ4v) is 2.73. The van der Waals surface area contributed by atoms with Crippen molar-refractivity contribution in [2.45, 2.75) is 32.2 Å². The van der Waals surface area contributed by atoms with E-state index < -0.39 is 4.92 Å². The number of nitrogens with zero attached hydrogens (tertiary/aromatic N) is 1. The molecule has 114 valence electrons. The summed E-state index contributed by atoms with van der Waals surface area (Å²) in [4.78, 5) is 22.2. The number of hydrogen-bond acceptors (Lipinski definition) is 4. The molecule has 1 amide bonds. The molecule has 1 aliphatic carbocycles. The third-order valence-electron chi connectivity index (χ3n) is 4.16. The molecule has 2 rings (SSSR count). The van der Waals surface area contributed by atoms with Crippen LogP contribution in [0.1, 0.15) is 31.2 Å². The molecular weight excluding hydrogens is 270 g/mol. The van der Waals surface area contributed by atoms with Gasteiger partial charge < -0.3 is 11.1 Å². The quantitative estimate of drug-likeness (QED) is 0.640. The van der Waals surface area contributed by atoms with Crippen molar-refractivity contribution in [1.29, 1.82) is 0 Å². The Kier molecular flexibility index (Phi) is 5.27.